The molecule has 4 aliphatic carbocycles. The number of fused-ring (bicyclic) bond motifs is 1. The van der Waals surface area contributed by atoms with Crippen molar-refractivity contribution in [1.82, 2.24) is 0 Å². The lowest BCUT2D eigenvalue weighted by molar-refractivity contribution is -0.391. The van der Waals surface area contributed by atoms with E-state index in [-0.39, 0.29) is 29.6 Å². The first-order valence-electron chi connectivity index (χ1n) is 23.2. The molecule has 2 saturated heterocycles. The molecule has 4 bridgehead atoms. The number of rotatable bonds is 14. The maximum Gasteiger partial charge on any atom is 0.320 e. The first-order chi connectivity index (χ1) is 31.1. The van der Waals surface area contributed by atoms with Gasteiger partial charge in [0.05, 0.1) is 32.5 Å². The van der Waals surface area contributed by atoms with Crippen LogP contribution in [0.1, 0.15) is 82.3 Å². The number of halogens is 1. The highest BCUT2D eigenvalue weighted by Crippen LogP contribution is 2.58. The molecule has 8 nitrogen and oxygen atoms in total. The van der Waals surface area contributed by atoms with Gasteiger partial charge in [-0.1, -0.05) is 130 Å². The monoisotopic (exact) mass is 884 g/mol. The van der Waals surface area contributed by atoms with E-state index in [9.17, 15) is 0 Å². The molecule has 64 heavy (non-hydrogen) atoms. The molecule has 336 valence electrons. The van der Waals surface area contributed by atoms with Gasteiger partial charge in [0.25, 0.3) is 0 Å². The Morgan fingerprint density at radius 2 is 1.23 bits per heavy atom. The van der Waals surface area contributed by atoms with Crippen molar-refractivity contribution in [2.24, 2.45) is 17.8 Å². The van der Waals surface area contributed by atoms with Gasteiger partial charge in [-0.15, -0.1) is 0 Å². The van der Waals surface area contributed by atoms with Gasteiger partial charge in [0.15, 0.2) is 18.4 Å². The van der Waals surface area contributed by atoms with Gasteiger partial charge in [-0.3, -0.25) is 0 Å². The molecule has 0 amide bonds. The topological polar surface area (TPSA) is 73.8 Å². The molecule has 10 heteroatoms. The third kappa shape index (κ3) is 8.71. The van der Waals surface area contributed by atoms with Gasteiger partial charge in [0, 0.05) is 5.56 Å². The molecular weight excluding hydrogens is 824 g/mol. The summed E-state index contributed by atoms with van der Waals surface area (Å²) < 4.78 is 70.7. The molecule has 11 rings (SSSR count). The smallest absolute Gasteiger partial charge is 0.320 e. The Morgan fingerprint density at radius 1 is 0.672 bits per heavy atom. The second-order valence-electron chi connectivity index (χ2n) is 19.9. The first-order valence-corrected chi connectivity index (χ1v) is 25.1. The Kier molecular flexibility index (Phi) is 12.3. The van der Waals surface area contributed by atoms with Crippen LogP contribution in [0.3, 0.4) is 0 Å². The number of hydrogen-bond donors (Lipinski definition) is 0. The summed E-state index contributed by atoms with van der Waals surface area (Å²) in [6.07, 6.45) is 3.25. The number of hydrogen-bond acceptors (Lipinski definition) is 8. The molecule has 2 aliphatic heterocycles. The summed E-state index contributed by atoms with van der Waals surface area (Å²) in [5.74, 6) is 2.59. The second kappa shape index (κ2) is 18.1. The van der Waals surface area contributed by atoms with Crippen LogP contribution in [0.15, 0.2) is 133 Å². The van der Waals surface area contributed by atoms with E-state index in [0.717, 1.165) is 46.5 Å². The average Bonchev–Trinajstić information content (AvgIpc) is 3.30. The van der Waals surface area contributed by atoms with E-state index in [1.165, 1.54) is 25.3 Å². The fraction of sp³-hybridized carbons (Fsp3) is 0.444. The molecule has 5 aromatic carbocycles. The fourth-order valence-electron chi connectivity index (χ4n) is 11.8. The van der Waals surface area contributed by atoms with Crippen molar-refractivity contribution >= 4 is 18.7 Å². The standard InChI is InChI=1S/C54H61FO8Si/c1-53(2,3)64(43-16-10-6-11-17-43,44-18-12-7-13-19-44)63-46-25-22-37(29-45(46)55)34-57-49-48-47(35-59-51(61-48)41-14-8-5-9-15-41)60-52(50(49)58-33-36-20-23-42(56-4)24-21-36)62-54-30-38-26-39(31-54)28-40(27-38)32-54/h5-25,29,38-40,47-52H,26-28,30-35H2,1-4H3/t38?,39?,40?,47-,48-,49+,50+,51?,52+,54?/m1/s1. The first kappa shape index (κ1) is 43.5. The van der Waals surface area contributed by atoms with Gasteiger partial charge >= 0.3 is 8.32 Å². The third-order valence-corrected chi connectivity index (χ3v) is 19.4. The number of methoxy groups -OCH3 is 1. The minimum atomic E-state index is -3.08. The Balaban J connectivity index is 0.966. The lowest BCUT2D eigenvalue weighted by Gasteiger charge is -2.58. The lowest BCUT2D eigenvalue weighted by Crippen LogP contribution is -2.68. The van der Waals surface area contributed by atoms with Gasteiger partial charge in [0.1, 0.15) is 35.9 Å². The van der Waals surface area contributed by atoms with E-state index < -0.39 is 51.1 Å². The van der Waals surface area contributed by atoms with E-state index in [1.807, 2.05) is 97.1 Å². The van der Waals surface area contributed by atoms with E-state index in [4.69, 9.17) is 37.6 Å². The van der Waals surface area contributed by atoms with Gasteiger partial charge < -0.3 is 37.6 Å². The molecule has 6 atom stereocenters. The van der Waals surface area contributed by atoms with E-state index in [1.54, 1.807) is 13.2 Å². The zero-order valence-corrected chi connectivity index (χ0v) is 38.4. The van der Waals surface area contributed by atoms with Crippen molar-refractivity contribution in [1.29, 1.82) is 0 Å². The van der Waals surface area contributed by atoms with Crippen molar-refractivity contribution in [2.45, 2.75) is 120 Å². The summed E-state index contributed by atoms with van der Waals surface area (Å²) in [5, 5.41) is 1.82. The second-order valence-corrected chi connectivity index (χ2v) is 24.1. The molecule has 5 aromatic rings. The van der Waals surface area contributed by atoms with Gasteiger partial charge in [-0.05, 0) is 107 Å². The Hall–Kier alpha value is -4.39. The van der Waals surface area contributed by atoms with Gasteiger partial charge in [-0.25, -0.2) is 4.39 Å². The van der Waals surface area contributed by atoms with Crippen molar-refractivity contribution in [2.75, 3.05) is 13.7 Å². The van der Waals surface area contributed by atoms with E-state index in [2.05, 4.69) is 45.0 Å². The summed E-state index contributed by atoms with van der Waals surface area (Å²) >= 11 is 0. The van der Waals surface area contributed by atoms with Crippen LogP contribution in [-0.2, 0) is 41.6 Å². The minimum absolute atomic E-state index is 0.0942. The predicted molar refractivity (Wildman–Crippen MR) is 245 cm³/mol. The van der Waals surface area contributed by atoms with Crippen LogP contribution in [-0.4, -0.2) is 58.3 Å². The molecule has 6 aliphatic rings. The number of benzene rings is 5. The summed E-state index contributed by atoms with van der Waals surface area (Å²) in [7, 11) is -1.42. The van der Waals surface area contributed by atoms with Crippen molar-refractivity contribution in [3.63, 3.8) is 0 Å². The Morgan fingerprint density at radius 3 is 1.81 bits per heavy atom. The molecule has 2 heterocycles. The van der Waals surface area contributed by atoms with Gasteiger partial charge in [0.2, 0.25) is 0 Å². The van der Waals surface area contributed by atoms with Crippen molar-refractivity contribution < 1.29 is 42.0 Å². The molecule has 0 radical (unpaired) electrons. The molecule has 0 N–H and O–H groups in total. The van der Waals surface area contributed by atoms with Crippen LogP contribution in [0.5, 0.6) is 11.5 Å². The van der Waals surface area contributed by atoms with Crippen LogP contribution in [0.4, 0.5) is 4.39 Å². The molecule has 0 aromatic heterocycles. The average molecular weight is 885 g/mol. The Bertz CT molecular complexity index is 2250. The summed E-state index contributed by atoms with van der Waals surface area (Å²) in [6.45, 7) is 7.24. The highest BCUT2D eigenvalue weighted by molar-refractivity contribution is 7.00. The fourth-order valence-corrected chi connectivity index (χ4v) is 16.3. The lowest BCUT2D eigenvalue weighted by atomic mass is 9.54. The van der Waals surface area contributed by atoms with Crippen LogP contribution < -0.4 is 19.5 Å². The number of ether oxygens (including phenoxy) is 7. The Labute approximate surface area is 378 Å². The van der Waals surface area contributed by atoms with Crippen LogP contribution in [0.2, 0.25) is 5.04 Å². The molecular formula is C54H61FO8Si. The van der Waals surface area contributed by atoms with Crippen LogP contribution in [0.25, 0.3) is 0 Å². The summed E-state index contributed by atoms with van der Waals surface area (Å²) in [6, 6.07) is 43.6. The highest BCUT2D eigenvalue weighted by atomic mass is 28.4. The molecule has 1 unspecified atom stereocenters. The molecule has 6 fully saturated rings. The molecule has 4 saturated carbocycles. The summed E-state index contributed by atoms with van der Waals surface area (Å²) in [5.41, 5.74) is 2.27. The maximum atomic E-state index is 16.7. The normalized spacial score (nSPS) is 29.9. The maximum absolute atomic E-state index is 16.7. The van der Waals surface area contributed by atoms with E-state index >= 15 is 4.39 Å². The SMILES string of the molecule is COc1ccc(CO[C@@H]2[C@H](OC34CC5CC(CC(C5)C3)C4)O[C@@H]3COC(c4ccccc4)O[C@H]3[C@@H]2OCc2ccc(O[Si](c3ccccc3)(c3ccccc3)C(C)(C)C)c(F)c2)cc1. The highest BCUT2D eigenvalue weighted by Gasteiger charge is 2.58. The summed E-state index contributed by atoms with van der Waals surface area (Å²) in [4.78, 5) is 0. The predicted octanol–water partition coefficient (Wildman–Crippen LogP) is 10.1. The third-order valence-electron chi connectivity index (χ3n) is 14.4. The quantitative estimate of drug-likeness (QED) is 0.102. The van der Waals surface area contributed by atoms with Gasteiger partial charge in [-0.2, -0.15) is 0 Å². The zero-order valence-electron chi connectivity index (χ0n) is 37.4. The zero-order chi connectivity index (χ0) is 43.9. The molecule has 0 spiro atoms. The van der Waals surface area contributed by atoms with E-state index in [0.29, 0.717) is 29.9 Å². The largest absolute Gasteiger partial charge is 0.532 e. The van der Waals surface area contributed by atoms with Crippen molar-refractivity contribution in [3.8, 4) is 11.5 Å². The van der Waals surface area contributed by atoms with Crippen LogP contribution in [0, 0.1) is 23.6 Å². The van der Waals surface area contributed by atoms with Crippen LogP contribution >= 0.6 is 0 Å². The minimum Gasteiger partial charge on any atom is -0.532 e. The van der Waals surface area contributed by atoms with Crippen molar-refractivity contribution in [3.05, 3.63) is 156 Å².